The molecule has 0 unspecified atom stereocenters. The molecule has 27 heavy (non-hydrogen) atoms. The van der Waals surface area contributed by atoms with E-state index in [1.54, 1.807) is 22.2 Å². The zero-order chi connectivity index (χ0) is 19.0. The van der Waals surface area contributed by atoms with Gasteiger partial charge in [0.2, 0.25) is 0 Å². The molecule has 0 bridgehead atoms. The van der Waals surface area contributed by atoms with Crippen LogP contribution in [0.4, 0.5) is 0 Å². The van der Waals surface area contributed by atoms with Gasteiger partial charge < -0.3 is 0 Å². The van der Waals surface area contributed by atoms with Crippen molar-refractivity contribution in [3.05, 3.63) is 85.7 Å². The molecule has 0 aliphatic heterocycles. The van der Waals surface area contributed by atoms with E-state index in [9.17, 15) is 4.79 Å². The Bertz CT molecular complexity index is 1160. The van der Waals surface area contributed by atoms with Crippen molar-refractivity contribution in [1.82, 2.24) is 9.55 Å². The molecule has 0 atom stereocenters. The van der Waals surface area contributed by atoms with Crippen molar-refractivity contribution in [1.29, 1.82) is 0 Å². The second-order valence-electron chi connectivity index (χ2n) is 6.60. The zero-order valence-electron chi connectivity index (χ0n) is 15.2. The number of aromatic nitrogens is 2. The summed E-state index contributed by atoms with van der Waals surface area (Å²) < 4.78 is 2.74. The molecule has 5 heteroatoms. The first kappa shape index (κ1) is 18.1. The third-order valence-electron chi connectivity index (χ3n) is 4.68. The van der Waals surface area contributed by atoms with Gasteiger partial charge in [-0.3, -0.25) is 9.36 Å². The van der Waals surface area contributed by atoms with E-state index in [4.69, 9.17) is 0 Å². The minimum atomic E-state index is 0.0226. The maximum atomic E-state index is 13.3. The Hall–Kier alpha value is -2.24. The average molecular weight is 439 g/mol. The highest BCUT2D eigenvalue weighted by Crippen LogP contribution is 2.36. The fourth-order valence-electron chi connectivity index (χ4n) is 3.25. The molecule has 2 aromatic carbocycles. The predicted molar refractivity (Wildman–Crippen MR) is 117 cm³/mol. The van der Waals surface area contributed by atoms with Crippen molar-refractivity contribution < 1.29 is 0 Å². The smallest absolute Gasteiger partial charge is 0.263 e. The molecule has 136 valence electrons. The highest BCUT2D eigenvalue weighted by molar-refractivity contribution is 9.10. The largest absolute Gasteiger partial charge is 0.294 e. The molecule has 4 aromatic rings. The number of fused-ring (bicyclic) bond motifs is 1. The molecule has 0 aliphatic carbocycles. The number of aryl methyl sites for hydroxylation is 2. The Kier molecular flexibility index (Phi) is 4.98. The van der Waals surface area contributed by atoms with Gasteiger partial charge in [-0.15, -0.1) is 11.3 Å². The Morgan fingerprint density at radius 1 is 1.07 bits per heavy atom. The van der Waals surface area contributed by atoms with E-state index in [1.165, 1.54) is 10.4 Å². The van der Waals surface area contributed by atoms with E-state index in [1.807, 2.05) is 12.1 Å². The minimum Gasteiger partial charge on any atom is -0.294 e. The summed E-state index contributed by atoms with van der Waals surface area (Å²) in [5.74, 6) is 0. The molecule has 4 rings (SSSR count). The van der Waals surface area contributed by atoms with Crippen molar-refractivity contribution in [2.75, 3.05) is 0 Å². The van der Waals surface area contributed by atoms with Crippen LogP contribution in [0.15, 0.2) is 64.1 Å². The van der Waals surface area contributed by atoms with Gasteiger partial charge in [-0.25, -0.2) is 4.98 Å². The monoisotopic (exact) mass is 438 g/mol. The van der Waals surface area contributed by atoms with Crippen LogP contribution < -0.4 is 5.56 Å². The lowest BCUT2D eigenvalue weighted by atomic mass is 10.0. The van der Waals surface area contributed by atoms with Gasteiger partial charge >= 0.3 is 0 Å². The summed E-state index contributed by atoms with van der Waals surface area (Å²) in [5.41, 5.74) is 4.42. The lowest BCUT2D eigenvalue weighted by Gasteiger charge is -2.08. The molecule has 0 saturated carbocycles. The first-order valence-corrected chi connectivity index (χ1v) is 10.5. The van der Waals surface area contributed by atoms with Crippen LogP contribution in [0, 0.1) is 6.92 Å². The summed E-state index contributed by atoms with van der Waals surface area (Å²) in [7, 11) is 0. The standard InChI is InChI=1S/C22H19BrN2OS/c1-3-18-19(16-8-10-17(23)11-9-16)20-21(27-18)24-13-25(22(20)26)12-15-6-4-14(2)5-7-15/h4-11,13H,3,12H2,1-2H3. The van der Waals surface area contributed by atoms with Crippen molar-refractivity contribution in [3.8, 4) is 11.1 Å². The lowest BCUT2D eigenvalue weighted by molar-refractivity contribution is 0.749. The van der Waals surface area contributed by atoms with Gasteiger partial charge in [-0.05, 0) is 36.6 Å². The van der Waals surface area contributed by atoms with Crippen molar-refractivity contribution >= 4 is 37.5 Å². The Labute approximate surface area is 170 Å². The highest BCUT2D eigenvalue weighted by atomic mass is 79.9. The fraction of sp³-hybridized carbons (Fsp3) is 0.182. The van der Waals surface area contributed by atoms with E-state index < -0.39 is 0 Å². The van der Waals surface area contributed by atoms with Crippen molar-refractivity contribution in [3.63, 3.8) is 0 Å². The first-order valence-electron chi connectivity index (χ1n) is 8.89. The summed E-state index contributed by atoms with van der Waals surface area (Å²) in [6.45, 7) is 4.71. The molecular formula is C22H19BrN2OS. The molecule has 2 aromatic heterocycles. The van der Waals surface area contributed by atoms with Crippen LogP contribution in [0.5, 0.6) is 0 Å². The maximum Gasteiger partial charge on any atom is 0.263 e. The van der Waals surface area contributed by atoms with E-state index in [0.717, 1.165) is 37.8 Å². The summed E-state index contributed by atoms with van der Waals surface area (Å²) in [6.07, 6.45) is 2.55. The summed E-state index contributed by atoms with van der Waals surface area (Å²) in [4.78, 5) is 19.9. The molecule has 0 fully saturated rings. The number of hydrogen-bond acceptors (Lipinski definition) is 3. The molecule has 0 saturated heterocycles. The van der Waals surface area contributed by atoms with Gasteiger partial charge in [0, 0.05) is 14.9 Å². The SMILES string of the molecule is CCc1sc2ncn(Cc3ccc(C)cc3)c(=O)c2c1-c1ccc(Br)cc1. The van der Waals surface area contributed by atoms with Gasteiger partial charge in [0.1, 0.15) is 4.83 Å². The third kappa shape index (κ3) is 3.49. The number of benzene rings is 2. The van der Waals surface area contributed by atoms with Crippen LogP contribution in [0.1, 0.15) is 22.9 Å². The lowest BCUT2D eigenvalue weighted by Crippen LogP contribution is -2.21. The molecule has 0 aliphatic rings. The molecule has 0 spiro atoms. The van der Waals surface area contributed by atoms with Gasteiger partial charge in [-0.2, -0.15) is 0 Å². The van der Waals surface area contributed by atoms with E-state index in [2.05, 4.69) is 71.2 Å². The first-order chi connectivity index (χ1) is 13.1. The van der Waals surface area contributed by atoms with Gasteiger partial charge in [0.15, 0.2) is 0 Å². The summed E-state index contributed by atoms with van der Waals surface area (Å²) in [5, 5.41) is 0.730. The normalized spacial score (nSPS) is 11.2. The van der Waals surface area contributed by atoms with Gasteiger partial charge in [0.25, 0.3) is 5.56 Å². The number of rotatable bonds is 4. The second kappa shape index (κ2) is 7.41. The Morgan fingerprint density at radius 2 is 1.78 bits per heavy atom. The van der Waals surface area contributed by atoms with Crippen LogP contribution >= 0.6 is 27.3 Å². The Balaban J connectivity index is 1.88. The number of nitrogens with zero attached hydrogens (tertiary/aromatic N) is 2. The zero-order valence-corrected chi connectivity index (χ0v) is 17.6. The number of halogens is 1. The van der Waals surface area contributed by atoms with E-state index in [-0.39, 0.29) is 5.56 Å². The van der Waals surface area contributed by atoms with Crippen molar-refractivity contribution in [2.24, 2.45) is 0 Å². The predicted octanol–water partition coefficient (Wildman–Crippen LogP) is 5.81. The van der Waals surface area contributed by atoms with Crippen LogP contribution in [0.2, 0.25) is 0 Å². The maximum absolute atomic E-state index is 13.3. The second-order valence-corrected chi connectivity index (χ2v) is 8.60. The molecule has 0 N–H and O–H groups in total. The van der Waals surface area contributed by atoms with Crippen LogP contribution in [0.3, 0.4) is 0 Å². The minimum absolute atomic E-state index is 0.0226. The summed E-state index contributed by atoms with van der Waals surface area (Å²) >= 11 is 5.10. The van der Waals surface area contributed by atoms with Gasteiger partial charge in [-0.1, -0.05) is 64.8 Å². The van der Waals surface area contributed by atoms with E-state index >= 15 is 0 Å². The molecule has 0 radical (unpaired) electrons. The van der Waals surface area contributed by atoms with Gasteiger partial charge in [0.05, 0.1) is 18.3 Å². The van der Waals surface area contributed by atoms with Crippen molar-refractivity contribution in [2.45, 2.75) is 26.8 Å². The number of thiophene rings is 1. The highest BCUT2D eigenvalue weighted by Gasteiger charge is 2.18. The number of hydrogen-bond donors (Lipinski definition) is 0. The quantitative estimate of drug-likeness (QED) is 0.403. The van der Waals surface area contributed by atoms with Crippen LogP contribution in [0.25, 0.3) is 21.3 Å². The van der Waals surface area contributed by atoms with Crippen LogP contribution in [-0.4, -0.2) is 9.55 Å². The van der Waals surface area contributed by atoms with Crippen LogP contribution in [-0.2, 0) is 13.0 Å². The third-order valence-corrected chi connectivity index (χ3v) is 6.45. The molecule has 3 nitrogen and oxygen atoms in total. The fourth-order valence-corrected chi connectivity index (χ4v) is 4.60. The molecule has 2 heterocycles. The van der Waals surface area contributed by atoms with E-state index in [0.29, 0.717) is 6.54 Å². The topological polar surface area (TPSA) is 34.9 Å². The molecular weight excluding hydrogens is 420 g/mol. The summed E-state index contributed by atoms with van der Waals surface area (Å²) in [6, 6.07) is 16.4. The molecule has 0 amide bonds. The Morgan fingerprint density at radius 3 is 2.44 bits per heavy atom. The average Bonchev–Trinajstić information content (AvgIpc) is 3.06.